The molecule has 6 nitrogen and oxygen atoms in total. The summed E-state index contributed by atoms with van der Waals surface area (Å²) in [5, 5.41) is 5.68. The summed E-state index contributed by atoms with van der Waals surface area (Å²) in [6.07, 6.45) is 1.40. The van der Waals surface area contributed by atoms with Crippen molar-refractivity contribution < 1.29 is 9.53 Å². The second-order valence-electron chi connectivity index (χ2n) is 3.75. The van der Waals surface area contributed by atoms with Crippen LogP contribution in [0.4, 0.5) is 5.82 Å². The van der Waals surface area contributed by atoms with Crippen LogP contribution in [0, 0.1) is 0 Å². The minimum Gasteiger partial charge on any atom is -0.478 e. The zero-order valence-electron chi connectivity index (χ0n) is 10.4. The van der Waals surface area contributed by atoms with Gasteiger partial charge in [-0.1, -0.05) is 0 Å². The molecule has 0 saturated carbocycles. The van der Waals surface area contributed by atoms with Crippen molar-refractivity contribution in [2.75, 3.05) is 18.5 Å². The summed E-state index contributed by atoms with van der Waals surface area (Å²) in [6.45, 7) is 6.43. The fourth-order valence-corrected chi connectivity index (χ4v) is 1.21. The van der Waals surface area contributed by atoms with Gasteiger partial charge in [0.25, 0.3) is 0 Å². The fourth-order valence-electron chi connectivity index (χ4n) is 1.21. The lowest BCUT2D eigenvalue weighted by atomic mass is 10.4. The largest absolute Gasteiger partial charge is 0.478 e. The van der Waals surface area contributed by atoms with Crippen molar-refractivity contribution in [2.45, 2.75) is 26.8 Å². The van der Waals surface area contributed by atoms with E-state index >= 15 is 0 Å². The third-order valence-corrected chi connectivity index (χ3v) is 1.81. The molecule has 0 atom stereocenters. The third kappa shape index (κ3) is 5.14. The van der Waals surface area contributed by atoms with Gasteiger partial charge in [-0.2, -0.15) is 0 Å². The monoisotopic (exact) mass is 238 g/mol. The Hall–Kier alpha value is -1.85. The molecular weight excluding hydrogens is 220 g/mol. The van der Waals surface area contributed by atoms with Crippen LogP contribution >= 0.6 is 0 Å². The Labute approximate surface area is 101 Å². The number of carbonyl (C=O) groups is 1. The summed E-state index contributed by atoms with van der Waals surface area (Å²) in [6, 6.07) is 1.79. The predicted molar refractivity (Wildman–Crippen MR) is 65.0 cm³/mol. The molecule has 0 aliphatic carbocycles. The van der Waals surface area contributed by atoms with Crippen LogP contribution in [0.5, 0.6) is 5.88 Å². The van der Waals surface area contributed by atoms with E-state index in [0.717, 1.165) is 0 Å². The van der Waals surface area contributed by atoms with E-state index in [1.807, 2.05) is 20.8 Å². The smallest absolute Gasteiger partial charge is 0.239 e. The molecule has 1 aromatic rings. The average Bonchev–Trinajstić information content (AvgIpc) is 2.26. The summed E-state index contributed by atoms with van der Waals surface area (Å²) >= 11 is 0. The molecule has 0 radical (unpaired) electrons. The number of nitrogens with zero attached hydrogens (tertiary/aromatic N) is 2. The Morgan fingerprint density at radius 3 is 2.88 bits per heavy atom. The molecule has 0 unspecified atom stereocenters. The molecule has 0 bridgehead atoms. The fraction of sp³-hybridized carbons (Fsp3) is 0.545. The maximum atomic E-state index is 11.4. The maximum Gasteiger partial charge on any atom is 0.239 e. The lowest BCUT2D eigenvalue weighted by Gasteiger charge is -2.09. The van der Waals surface area contributed by atoms with Gasteiger partial charge in [0.05, 0.1) is 13.2 Å². The van der Waals surface area contributed by atoms with E-state index in [4.69, 9.17) is 4.74 Å². The number of rotatable bonds is 6. The average molecular weight is 238 g/mol. The first-order valence-corrected chi connectivity index (χ1v) is 5.60. The summed E-state index contributed by atoms with van der Waals surface area (Å²) in [5.41, 5.74) is 0. The van der Waals surface area contributed by atoms with Gasteiger partial charge in [-0.15, -0.1) is 0 Å². The second-order valence-corrected chi connectivity index (χ2v) is 3.75. The van der Waals surface area contributed by atoms with Crippen LogP contribution < -0.4 is 15.4 Å². The Kier molecular flexibility index (Phi) is 5.19. The van der Waals surface area contributed by atoms with Crippen LogP contribution in [0.15, 0.2) is 12.4 Å². The highest BCUT2D eigenvalue weighted by Gasteiger charge is 2.04. The van der Waals surface area contributed by atoms with Crippen LogP contribution in [-0.4, -0.2) is 35.1 Å². The second kappa shape index (κ2) is 6.67. The Balaban J connectivity index is 2.45. The lowest BCUT2D eigenvalue weighted by molar-refractivity contribution is -0.119. The lowest BCUT2D eigenvalue weighted by Crippen LogP contribution is -2.34. The summed E-state index contributed by atoms with van der Waals surface area (Å²) in [5.74, 6) is 0.994. The first kappa shape index (κ1) is 13.2. The Bertz CT molecular complexity index is 368. The molecular formula is C11H18N4O2. The molecule has 17 heavy (non-hydrogen) atoms. The van der Waals surface area contributed by atoms with E-state index < -0.39 is 0 Å². The van der Waals surface area contributed by atoms with E-state index in [2.05, 4.69) is 20.6 Å². The van der Waals surface area contributed by atoms with Crippen molar-refractivity contribution in [3.8, 4) is 5.88 Å². The van der Waals surface area contributed by atoms with Crippen molar-refractivity contribution >= 4 is 11.7 Å². The predicted octanol–water partition coefficient (Wildman–Crippen LogP) is 0.812. The highest BCUT2D eigenvalue weighted by molar-refractivity contribution is 5.80. The van der Waals surface area contributed by atoms with Crippen molar-refractivity contribution in [3.63, 3.8) is 0 Å². The number of ether oxygens (including phenoxy) is 1. The highest BCUT2D eigenvalue weighted by atomic mass is 16.5. The molecule has 0 aliphatic rings. The molecule has 0 spiro atoms. The standard InChI is InChI=1S/C11H18N4O2/c1-4-17-11-5-9(13-7-14-11)12-6-10(16)15-8(2)3/h5,7-8H,4,6H2,1-3H3,(H,15,16)(H,12,13,14). The van der Waals surface area contributed by atoms with Gasteiger partial charge in [0, 0.05) is 12.1 Å². The van der Waals surface area contributed by atoms with Gasteiger partial charge in [0.2, 0.25) is 11.8 Å². The van der Waals surface area contributed by atoms with Crippen LogP contribution in [0.25, 0.3) is 0 Å². The molecule has 1 amide bonds. The molecule has 2 N–H and O–H groups in total. The minimum absolute atomic E-state index is 0.0726. The summed E-state index contributed by atoms with van der Waals surface area (Å²) < 4.78 is 5.23. The molecule has 1 rings (SSSR count). The number of hydrogen-bond acceptors (Lipinski definition) is 5. The molecule has 0 aliphatic heterocycles. The van der Waals surface area contributed by atoms with Crippen molar-refractivity contribution in [1.29, 1.82) is 0 Å². The molecule has 94 valence electrons. The van der Waals surface area contributed by atoms with Gasteiger partial charge in [0.15, 0.2) is 0 Å². The van der Waals surface area contributed by atoms with Gasteiger partial charge in [-0.3, -0.25) is 4.79 Å². The number of amides is 1. The molecule has 0 fully saturated rings. The molecule has 1 aromatic heterocycles. The number of carbonyl (C=O) groups excluding carboxylic acids is 1. The van der Waals surface area contributed by atoms with Crippen molar-refractivity contribution in [2.24, 2.45) is 0 Å². The van der Waals surface area contributed by atoms with Gasteiger partial charge < -0.3 is 15.4 Å². The molecule has 0 saturated heterocycles. The van der Waals surface area contributed by atoms with E-state index in [-0.39, 0.29) is 18.5 Å². The van der Waals surface area contributed by atoms with Gasteiger partial charge >= 0.3 is 0 Å². The zero-order valence-corrected chi connectivity index (χ0v) is 10.4. The first-order valence-electron chi connectivity index (χ1n) is 5.60. The summed E-state index contributed by atoms with van der Waals surface area (Å²) in [4.78, 5) is 19.3. The van der Waals surface area contributed by atoms with Crippen molar-refractivity contribution in [1.82, 2.24) is 15.3 Å². The summed E-state index contributed by atoms with van der Waals surface area (Å²) in [7, 11) is 0. The Morgan fingerprint density at radius 1 is 1.47 bits per heavy atom. The van der Waals surface area contributed by atoms with Gasteiger partial charge in [-0.25, -0.2) is 9.97 Å². The molecule has 0 aromatic carbocycles. The van der Waals surface area contributed by atoms with Crippen LogP contribution in [0.2, 0.25) is 0 Å². The van der Waals surface area contributed by atoms with E-state index in [9.17, 15) is 4.79 Å². The normalized spacial score (nSPS) is 10.1. The number of nitrogens with one attached hydrogen (secondary N) is 2. The molecule has 6 heteroatoms. The number of anilines is 1. The highest BCUT2D eigenvalue weighted by Crippen LogP contribution is 2.10. The van der Waals surface area contributed by atoms with Crippen LogP contribution in [-0.2, 0) is 4.79 Å². The van der Waals surface area contributed by atoms with E-state index in [0.29, 0.717) is 18.3 Å². The van der Waals surface area contributed by atoms with E-state index in [1.54, 1.807) is 6.07 Å². The topological polar surface area (TPSA) is 76.1 Å². The van der Waals surface area contributed by atoms with Crippen molar-refractivity contribution in [3.05, 3.63) is 12.4 Å². The van der Waals surface area contributed by atoms with Crippen LogP contribution in [0.3, 0.4) is 0 Å². The number of hydrogen-bond donors (Lipinski definition) is 2. The maximum absolute atomic E-state index is 11.4. The van der Waals surface area contributed by atoms with Crippen LogP contribution in [0.1, 0.15) is 20.8 Å². The molecule has 1 heterocycles. The number of aromatic nitrogens is 2. The minimum atomic E-state index is -0.0726. The zero-order chi connectivity index (χ0) is 12.7. The first-order chi connectivity index (χ1) is 8.11. The van der Waals surface area contributed by atoms with Gasteiger partial charge in [-0.05, 0) is 20.8 Å². The Morgan fingerprint density at radius 2 is 2.24 bits per heavy atom. The van der Waals surface area contributed by atoms with Gasteiger partial charge in [0.1, 0.15) is 12.1 Å². The quantitative estimate of drug-likeness (QED) is 0.767. The van der Waals surface area contributed by atoms with E-state index in [1.165, 1.54) is 6.33 Å². The third-order valence-electron chi connectivity index (χ3n) is 1.81. The SMILES string of the molecule is CCOc1cc(NCC(=O)NC(C)C)ncn1.